The summed E-state index contributed by atoms with van der Waals surface area (Å²) < 4.78 is 6.44. The number of benzene rings is 1. The van der Waals surface area contributed by atoms with E-state index in [1.165, 1.54) is 18.4 Å². The lowest BCUT2D eigenvalue weighted by Crippen LogP contribution is -2.37. The standard InChI is InChI=1S/C13H16BrNO/c1-16-10-4-2-3-9(11(10)14)12(5-6-12)13(15)7-8-13/h2-4H,5-8,15H2,1H3. The Balaban J connectivity index is 2.07. The van der Waals surface area contributed by atoms with Gasteiger partial charge in [-0.1, -0.05) is 12.1 Å². The average molecular weight is 282 g/mol. The molecule has 16 heavy (non-hydrogen) atoms. The lowest BCUT2D eigenvalue weighted by Gasteiger charge is -2.25. The van der Waals surface area contributed by atoms with E-state index in [2.05, 4.69) is 28.1 Å². The molecule has 0 saturated heterocycles. The maximum atomic E-state index is 6.42. The fraction of sp³-hybridized carbons (Fsp3) is 0.538. The van der Waals surface area contributed by atoms with Gasteiger partial charge in [0, 0.05) is 11.0 Å². The van der Waals surface area contributed by atoms with Gasteiger partial charge in [-0.2, -0.15) is 0 Å². The van der Waals surface area contributed by atoms with E-state index < -0.39 is 0 Å². The Bertz CT molecular complexity index is 436. The summed E-state index contributed by atoms with van der Waals surface area (Å²) in [6.07, 6.45) is 4.76. The second-order valence-electron chi connectivity index (χ2n) is 5.06. The highest BCUT2D eigenvalue weighted by molar-refractivity contribution is 9.10. The van der Waals surface area contributed by atoms with Crippen LogP contribution in [0.25, 0.3) is 0 Å². The molecule has 0 spiro atoms. The molecule has 3 rings (SSSR count). The van der Waals surface area contributed by atoms with Crippen LogP contribution in [0.1, 0.15) is 31.2 Å². The van der Waals surface area contributed by atoms with Gasteiger partial charge >= 0.3 is 0 Å². The third-order valence-corrected chi connectivity index (χ3v) is 5.01. The van der Waals surface area contributed by atoms with Gasteiger partial charge in [-0.25, -0.2) is 0 Å². The molecular formula is C13H16BrNO. The van der Waals surface area contributed by atoms with Gasteiger partial charge in [-0.3, -0.25) is 0 Å². The van der Waals surface area contributed by atoms with Crippen LogP contribution in [0.3, 0.4) is 0 Å². The number of hydrogen-bond donors (Lipinski definition) is 1. The van der Waals surface area contributed by atoms with Crippen molar-refractivity contribution in [1.82, 2.24) is 0 Å². The zero-order valence-corrected chi connectivity index (χ0v) is 11.0. The van der Waals surface area contributed by atoms with E-state index >= 15 is 0 Å². The first-order chi connectivity index (χ1) is 7.63. The smallest absolute Gasteiger partial charge is 0.133 e. The van der Waals surface area contributed by atoms with Crippen LogP contribution in [-0.2, 0) is 5.41 Å². The Morgan fingerprint density at radius 3 is 2.44 bits per heavy atom. The van der Waals surface area contributed by atoms with Crippen LogP contribution in [0.15, 0.2) is 22.7 Å². The van der Waals surface area contributed by atoms with Crippen LogP contribution in [0.2, 0.25) is 0 Å². The van der Waals surface area contributed by atoms with Gasteiger partial charge in [0.05, 0.1) is 11.6 Å². The summed E-state index contributed by atoms with van der Waals surface area (Å²) >= 11 is 3.66. The van der Waals surface area contributed by atoms with E-state index in [-0.39, 0.29) is 11.0 Å². The Morgan fingerprint density at radius 1 is 1.25 bits per heavy atom. The normalized spacial score (nSPS) is 23.9. The van der Waals surface area contributed by atoms with E-state index in [4.69, 9.17) is 10.5 Å². The van der Waals surface area contributed by atoms with E-state index in [0.29, 0.717) is 0 Å². The summed E-state index contributed by atoms with van der Waals surface area (Å²) in [4.78, 5) is 0. The molecular weight excluding hydrogens is 266 g/mol. The molecule has 2 fully saturated rings. The first kappa shape index (κ1) is 10.6. The minimum absolute atomic E-state index is 0.0574. The van der Waals surface area contributed by atoms with Gasteiger partial charge < -0.3 is 10.5 Å². The molecule has 0 amide bonds. The third kappa shape index (κ3) is 1.28. The number of halogens is 1. The van der Waals surface area contributed by atoms with Crippen LogP contribution >= 0.6 is 15.9 Å². The first-order valence-electron chi connectivity index (χ1n) is 5.75. The van der Waals surface area contributed by atoms with E-state index in [1.807, 2.05) is 6.07 Å². The van der Waals surface area contributed by atoms with Crippen molar-refractivity contribution in [2.24, 2.45) is 5.73 Å². The van der Waals surface area contributed by atoms with Crippen molar-refractivity contribution in [2.75, 3.05) is 7.11 Å². The molecule has 0 aromatic heterocycles. The summed E-state index contributed by atoms with van der Waals surface area (Å²) in [5.74, 6) is 0.910. The van der Waals surface area contributed by atoms with Gasteiger partial charge in [0.1, 0.15) is 5.75 Å². The second-order valence-corrected chi connectivity index (χ2v) is 5.85. The molecule has 86 valence electrons. The molecule has 0 radical (unpaired) electrons. The molecule has 2 nitrogen and oxygen atoms in total. The lowest BCUT2D eigenvalue weighted by atomic mass is 9.86. The van der Waals surface area contributed by atoms with Crippen LogP contribution < -0.4 is 10.5 Å². The van der Waals surface area contributed by atoms with E-state index in [9.17, 15) is 0 Å². The highest BCUT2D eigenvalue weighted by Gasteiger charge is 2.64. The molecule has 1 aromatic rings. The summed E-state index contributed by atoms with van der Waals surface area (Å²) in [6, 6.07) is 6.23. The van der Waals surface area contributed by atoms with E-state index in [0.717, 1.165) is 23.1 Å². The molecule has 2 aliphatic rings. The van der Waals surface area contributed by atoms with Crippen LogP contribution in [0.5, 0.6) is 5.75 Å². The topological polar surface area (TPSA) is 35.2 Å². The number of methoxy groups -OCH3 is 1. The number of ether oxygens (including phenoxy) is 1. The largest absolute Gasteiger partial charge is 0.496 e. The van der Waals surface area contributed by atoms with Crippen molar-refractivity contribution in [3.8, 4) is 5.75 Å². The fourth-order valence-electron chi connectivity index (χ4n) is 2.81. The van der Waals surface area contributed by atoms with Gasteiger partial charge in [0.2, 0.25) is 0 Å². The predicted octanol–water partition coefficient (Wildman–Crippen LogP) is 2.98. The van der Waals surface area contributed by atoms with Crippen LogP contribution in [-0.4, -0.2) is 12.6 Å². The maximum Gasteiger partial charge on any atom is 0.133 e. The Kier molecular flexibility index (Phi) is 2.14. The summed E-state index contributed by atoms with van der Waals surface area (Å²) in [7, 11) is 1.71. The number of rotatable bonds is 3. The monoisotopic (exact) mass is 281 g/mol. The summed E-state index contributed by atoms with van der Waals surface area (Å²) in [5.41, 5.74) is 8.04. The van der Waals surface area contributed by atoms with Gasteiger partial charge in [0.25, 0.3) is 0 Å². The molecule has 1 aromatic carbocycles. The Hall–Kier alpha value is -0.540. The lowest BCUT2D eigenvalue weighted by molar-refractivity contribution is 0.408. The summed E-state index contributed by atoms with van der Waals surface area (Å²) in [5, 5.41) is 0. The quantitative estimate of drug-likeness (QED) is 0.925. The van der Waals surface area contributed by atoms with Crippen molar-refractivity contribution in [1.29, 1.82) is 0 Å². The van der Waals surface area contributed by atoms with Crippen molar-refractivity contribution < 1.29 is 4.74 Å². The first-order valence-corrected chi connectivity index (χ1v) is 6.54. The molecule has 2 aliphatic carbocycles. The van der Waals surface area contributed by atoms with Gasteiger partial charge in [0.15, 0.2) is 0 Å². The minimum atomic E-state index is 0.0574. The predicted molar refractivity (Wildman–Crippen MR) is 67.8 cm³/mol. The second kappa shape index (κ2) is 3.23. The van der Waals surface area contributed by atoms with Crippen molar-refractivity contribution in [3.63, 3.8) is 0 Å². The molecule has 2 N–H and O–H groups in total. The molecule has 0 atom stereocenters. The SMILES string of the molecule is COc1cccc(C2(C3(N)CC3)CC2)c1Br. The molecule has 0 unspecified atom stereocenters. The number of hydrogen-bond acceptors (Lipinski definition) is 2. The van der Waals surface area contributed by atoms with E-state index in [1.54, 1.807) is 7.11 Å². The fourth-order valence-corrected chi connectivity index (χ4v) is 3.62. The summed E-state index contributed by atoms with van der Waals surface area (Å²) in [6.45, 7) is 0. The van der Waals surface area contributed by atoms with Gasteiger partial charge in [-0.15, -0.1) is 0 Å². The van der Waals surface area contributed by atoms with Gasteiger partial charge in [-0.05, 0) is 53.2 Å². The highest BCUT2D eigenvalue weighted by atomic mass is 79.9. The Labute approximate surface area is 104 Å². The zero-order chi connectivity index (χ0) is 11.4. The maximum absolute atomic E-state index is 6.42. The Morgan fingerprint density at radius 2 is 1.94 bits per heavy atom. The minimum Gasteiger partial charge on any atom is -0.496 e. The molecule has 0 heterocycles. The third-order valence-electron chi connectivity index (χ3n) is 4.19. The highest BCUT2D eigenvalue weighted by Crippen LogP contribution is 2.65. The molecule has 0 aliphatic heterocycles. The van der Waals surface area contributed by atoms with Crippen LogP contribution in [0.4, 0.5) is 0 Å². The van der Waals surface area contributed by atoms with Crippen molar-refractivity contribution in [2.45, 2.75) is 36.6 Å². The van der Waals surface area contributed by atoms with Crippen molar-refractivity contribution in [3.05, 3.63) is 28.2 Å². The molecule has 2 saturated carbocycles. The van der Waals surface area contributed by atoms with Crippen LogP contribution in [0, 0.1) is 0 Å². The number of nitrogens with two attached hydrogens (primary N) is 1. The molecule has 3 heteroatoms. The molecule has 0 bridgehead atoms. The zero-order valence-electron chi connectivity index (χ0n) is 9.42. The average Bonchev–Trinajstić information content (AvgIpc) is 3.14. The van der Waals surface area contributed by atoms with Crippen molar-refractivity contribution >= 4 is 15.9 Å².